The summed E-state index contributed by atoms with van der Waals surface area (Å²) in [5, 5.41) is 10.1. The average molecular weight is 1040 g/mol. The Bertz CT molecular complexity index is 1980. The Balaban J connectivity index is 0.00000139. The second-order valence-corrected chi connectivity index (χ2v) is 16.1. The summed E-state index contributed by atoms with van der Waals surface area (Å²) in [6.45, 7) is 11.9. The normalized spacial score (nSPS) is 10.4. The van der Waals surface area contributed by atoms with E-state index in [1.807, 2.05) is 0 Å². The molecule has 0 spiro atoms. The van der Waals surface area contributed by atoms with E-state index in [0.717, 1.165) is 25.7 Å². The number of carbonyl (C=O) groups is 6. The van der Waals surface area contributed by atoms with Crippen LogP contribution in [0.15, 0.2) is 54.6 Å². The van der Waals surface area contributed by atoms with Crippen LogP contribution in [-0.4, -0.2) is 147 Å². The van der Waals surface area contributed by atoms with Gasteiger partial charge in [0.15, 0.2) is 28.9 Å². The van der Waals surface area contributed by atoms with Crippen LogP contribution in [0.4, 0.5) is 17.1 Å². The molecule has 0 aliphatic heterocycles. The van der Waals surface area contributed by atoms with Gasteiger partial charge in [0.05, 0.1) is 58.8 Å². The Kier molecular flexibility index (Phi) is 40.7. The van der Waals surface area contributed by atoms with Crippen molar-refractivity contribution < 1.29 is 95.4 Å². The first-order valence-electron chi connectivity index (χ1n) is 24.3. The minimum absolute atomic E-state index is 0. The molecule has 3 rings (SSSR count). The second-order valence-electron chi connectivity index (χ2n) is 16.1. The third-order valence-corrected chi connectivity index (χ3v) is 9.83. The van der Waals surface area contributed by atoms with Gasteiger partial charge >= 0.3 is 18.9 Å². The summed E-state index contributed by atoms with van der Waals surface area (Å²) < 4.78 is 48.1. The summed E-state index contributed by atoms with van der Waals surface area (Å²) in [7, 11) is 0. The van der Waals surface area contributed by atoms with Gasteiger partial charge in [-0.25, -0.2) is 0 Å². The van der Waals surface area contributed by atoms with E-state index in [1.165, 1.54) is 39.0 Å². The first-order chi connectivity index (χ1) is 35.1. The van der Waals surface area contributed by atoms with E-state index in [-0.39, 0.29) is 66.7 Å². The molecule has 0 amide bonds. The van der Waals surface area contributed by atoms with Gasteiger partial charge in [-0.3, -0.25) is 24.0 Å². The van der Waals surface area contributed by atoms with Crippen molar-refractivity contribution in [2.75, 3.05) is 129 Å². The molecule has 408 valence electrons. The van der Waals surface area contributed by atoms with Crippen LogP contribution in [0.1, 0.15) is 103 Å². The average Bonchev–Trinajstić information content (AvgIpc) is 3.35. The molecular weight excluding hydrogens is 958 g/mol. The molecule has 0 unspecified atom stereocenters. The number of rotatable bonds is 40. The van der Waals surface area contributed by atoms with E-state index in [4.69, 9.17) is 71.3 Å². The van der Waals surface area contributed by atoms with Crippen molar-refractivity contribution in [3.63, 3.8) is 0 Å². The fraction of sp³-hybridized carbons (Fsp3) is 0.538. The number of aliphatic carboxylic acids is 1. The predicted molar refractivity (Wildman–Crippen MR) is 274 cm³/mol. The van der Waals surface area contributed by atoms with Gasteiger partial charge in [0, 0.05) is 91.2 Å². The van der Waals surface area contributed by atoms with E-state index in [2.05, 4.69) is 0 Å². The molecule has 10 N–H and O–H groups in total. The molecule has 22 heteroatoms. The Morgan fingerprint density at radius 1 is 0.405 bits per heavy atom. The minimum atomic E-state index is -1.32. The molecule has 0 atom stereocenters. The number of hydrogen-bond donors (Lipinski definition) is 5. The zero-order valence-electron chi connectivity index (χ0n) is 43.8. The summed E-state index contributed by atoms with van der Waals surface area (Å²) in [6.07, 6.45) is 5.52. The number of Topliss-reactive ketones (excluding diaryl/α,β-unsaturated/α-hetero) is 5. The molecule has 3 aromatic carbocycles. The van der Waals surface area contributed by atoms with Crippen molar-refractivity contribution in [2.24, 2.45) is 11.5 Å². The maximum absolute atomic E-state index is 12.0. The molecule has 21 nitrogen and oxygen atoms in total. The summed E-state index contributed by atoms with van der Waals surface area (Å²) in [5.41, 5.74) is 30.0. The number of nitrogen functional groups attached to an aromatic ring is 3. The van der Waals surface area contributed by atoms with Crippen molar-refractivity contribution >= 4 is 51.9 Å². The Morgan fingerprint density at radius 2 is 0.676 bits per heavy atom. The molecule has 0 aromatic heterocycles. The van der Waals surface area contributed by atoms with Crippen molar-refractivity contribution in [1.29, 1.82) is 0 Å². The third-order valence-electron chi connectivity index (χ3n) is 9.83. The van der Waals surface area contributed by atoms with Crippen LogP contribution < -0.4 is 66.8 Å². The number of carboxylic acid groups (broad SMARTS) is 1. The van der Waals surface area contributed by atoms with Gasteiger partial charge in [0.2, 0.25) is 0 Å². The van der Waals surface area contributed by atoms with E-state index >= 15 is 0 Å². The van der Waals surface area contributed by atoms with Crippen molar-refractivity contribution in [2.45, 2.75) is 72.1 Å². The van der Waals surface area contributed by atoms with Crippen LogP contribution in [0.2, 0.25) is 0 Å². The molecular formula is C52H78LiN5O16. The Labute approximate surface area is 447 Å². The molecule has 0 saturated carbocycles. The summed E-state index contributed by atoms with van der Waals surface area (Å²) in [5.74, 6) is -0.530. The second kappa shape index (κ2) is 43.9. The fourth-order valence-corrected chi connectivity index (χ4v) is 5.98. The molecule has 0 heterocycles. The van der Waals surface area contributed by atoms with Crippen molar-refractivity contribution in [3.8, 4) is 17.2 Å². The predicted octanol–water partition coefficient (Wildman–Crippen LogP) is 0.580. The first kappa shape index (κ1) is 68.6. The number of hydrogen-bond acceptors (Lipinski definition) is 21. The number of unbranched alkanes of at least 4 members (excludes halogenated alkanes) is 2. The monoisotopic (exact) mass is 1040 g/mol. The number of carboxylic acids is 1. The number of ketones is 5. The van der Waals surface area contributed by atoms with Gasteiger partial charge in [-0.15, -0.1) is 0 Å². The molecule has 74 heavy (non-hydrogen) atoms. The van der Waals surface area contributed by atoms with Crippen LogP contribution in [0.3, 0.4) is 0 Å². The van der Waals surface area contributed by atoms with E-state index in [1.54, 1.807) is 36.4 Å². The van der Waals surface area contributed by atoms with Crippen LogP contribution in [0.5, 0.6) is 17.2 Å². The molecule has 0 fully saturated rings. The van der Waals surface area contributed by atoms with Crippen LogP contribution in [0.25, 0.3) is 0 Å². The van der Waals surface area contributed by atoms with Crippen LogP contribution in [0, 0.1) is 0 Å². The molecule has 0 saturated heterocycles. The van der Waals surface area contributed by atoms with Gasteiger partial charge in [0.1, 0.15) is 37.1 Å². The fourth-order valence-electron chi connectivity index (χ4n) is 5.98. The van der Waals surface area contributed by atoms with Crippen LogP contribution in [-0.2, 0) is 42.8 Å². The Morgan fingerprint density at radius 3 is 0.932 bits per heavy atom. The largest absolute Gasteiger partial charge is 1.00 e. The maximum atomic E-state index is 12.0. The summed E-state index contributed by atoms with van der Waals surface area (Å²) in [6, 6.07) is 13.9. The van der Waals surface area contributed by atoms with E-state index in [9.17, 15) is 33.9 Å². The van der Waals surface area contributed by atoms with E-state index in [0.29, 0.717) is 163 Å². The summed E-state index contributed by atoms with van der Waals surface area (Å²) in [4.78, 5) is 68.0. The van der Waals surface area contributed by atoms with Crippen molar-refractivity contribution in [3.05, 3.63) is 71.3 Å². The zero-order valence-corrected chi connectivity index (χ0v) is 43.8. The number of anilines is 3. The minimum Gasteiger partial charge on any atom is -0.546 e. The number of nitrogens with two attached hydrogens (primary N) is 5. The SMILES string of the molecule is CC(=O)c1ccc(OCC(=O)CCCCOCCOCCOCCCCC(=O)COc2ccc(C(C)=O)c(N)c2)cc1N.CC(=O)c1ccc(OCC(=O)[O-])cc1N.NCCCOCCOCCOCCCN.[Li+]. The smallest absolute Gasteiger partial charge is 0.546 e. The molecule has 0 aliphatic carbocycles. The molecule has 0 radical (unpaired) electrons. The van der Waals surface area contributed by atoms with Crippen LogP contribution >= 0.6 is 0 Å². The quantitative estimate of drug-likeness (QED) is 0.0225. The maximum Gasteiger partial charge on any atom is 1.00 e. The first-order valence-corrected chi connectivity index (χ1v) is 24.3. The van der Waals surface area contributed by atoms with Gasteiger partial charge in [-0.05, 0) is 109 Å². The number of carbonyl (C=O) groups excluding carboxylic acids is 6. The Hall–Kier alpha value is -5.44. The molecule has 0 aliphatic rings. The number of ether oxygens (including phenoxy) is 9. The van der Waals surface area contributed by atoms with Crippen molar-refractivity contribution in [1.82, 2.24) is 0 Å². The molecule has 3 aromatic rings. The van der Waals surface area contributed by atoms with E-state index < -0.39 is 12.6 Å². The third kappa shape index (κ3) is 34.9. The summed E-state index contributed by atoms with van der Waals surface area (Å²) >= 11 is 0. The standard InChI is InChI=1S/C32H44N2O9.C10H24N2O3.C10H11NO4.Li/c1-23(35)29-11-9-27(19-31(29)33)42-21-25(37)7-3-5-13-39-15-17-41-18-16-40-14-6-4-8-26(38)22-43-28-10-12-30(24(2)36)32(34)20-28;11-3-1-5-13-7-9-15-10-8-14-6-2-4-12;1-6(12)8-3-2-7(4-9(8)11)15-5-10(13)14;/h9-12,19-20H,3-8,13-18,21-22,33-34H2,1-2H3;1-12H2;2-4H,5,11H2,1H3,(H,13,14);/q;;;+1/p-1. The van der Waals surface area contributed by atoms with Gasteiger partial charge < -0.3 is 81.2 Å². The molecule has 0 bridgehead atoms. The van der Waals surface area contributed by atoms with Gasteiger partial charge in [-0.1, -0.05) is 0 Å². The van der Waals surface area contributed by atoms with Gasteiger partial charge in [0.25, 0.3) is 0 Å². The number of benzene rings is 3. The van der Waals surface area contributed by atoms with Gasteiger partial charge in [-0.2, -0.15) is 0 Å². The topological polar surface area (TPSA) is 339 Å². The zero-order chi connectivity index (χ0) is 54.1.